The summed E-state index contributed by atoms with van der Waals surface area (Å²) in [6.45, 7) is 14.4. The largest absolute Gasteiger partial charge is 0.393 e. The molecule has 0 aliphatic heterocycles. The van der Waals surface area contributed by atoms with Crippen LogP contribution in [0.25, 0.3) is 0 Å². The number of allylic oxidation sites excluding steroid dienone is 5. The zero-order chi connectivity index (χ0) is 21.2. The Morgan fingerprint density at radius 3 is 2.41 bits per heavy atom. The second kappa shape index (κ2) is 9.54. The fourth-order valence-electron chi connectivity index (χ4n) is 6.50. The van der Waals surface area contributed by atoms with Crippen molar-refractivity contribution in [3.8, 4) is 0 Å². The molecule has 0 radical (unpaired) electrons. The van der Waals surface area contributed by atoms with Gasteiger partial charge in [-0.05, 0) is 92.3 Å². The van der Waals surface area contributed by atoms with E-state index < -0.39 is 0 Å². The van der Waals surface area contributed by atoms with Crippen molar-refractivity contribution in [1.29, 1.82) is 0 Å². The summed E-state index contributed by atoms with van der Waals surface area (Å²) in [6, 6.07) is 0. The predicted octanol–water partition coefficient (Wildman–Crippen LogP) is 7.72. The maximum atomic E-state index is 10.1. The molecule has 0 heterocycles. The van der Waals surface area contributed by atoms with Crippen LogP contribution < -0.4 is 0 Å². The minimum absolute atomic E-state index is 0.121. The lowest BCUT2D eigenvalue weighted by atomic mass is 9.61. The highest BCUT2D eigenvalue weighted by molar-refractivity contribution is 5.27. The van der Waals surface area contributed by atoms with Gasteiger partial charge in [-0.2, -0.15) is 0 Å². The van der Waals surface area contributed by atoms with Crippen molar-refractivity contribution in [2.24, 2.45) is 40.9 Å². The molecule has 0 aromatic heterocycles. The van der Waals surface area contributed by atoms with E-state index in [2.05, 4.69) is 65.8 Å². The quantitative estimate of drug-likeness (QED) is 0.470. The first kappa shape index (κ1) is 22.9. The summed E-state index contributed by atoms with van der Waals surface area (Å²) in [5.41, 5.74) is 3.63. The van der Waals surface area contributed by atoms with Crippen molar-refractivity contribution in [3.63, 3.8) is 0 Å². The van der Waals surface area contributed by atoms with Crippen molar-refractivity contribution in [3.05, 3.63) is 35.5 Å². The van der Waals surface area contributed by atoms with Crippen molar-refractivity contribution >= 4 is 0 Å². The second-order valence-electron chi connectivity index (χ2n) is 11.3. The topological polar surface area (TPSA) is 20.2 Å². The van der Waals surface area contributed by atoms with Gasteiger partial charge in [0, 0.05) is 0 Å². The molecule has 1 heteroatoms. The number of aliphatic hydroxyl groups excluding tert-OH is 1. The molecule has 3 aliphatic rings. The number of rotatable bonds is 5. The summed E-state index contributed by atoms with van der Waals surface area (Å²) < 4.78 is 0. The van der Waals surface area contributed by atoms with Crippen LogP contribution in [-0.4, -0.2) is 11.2 Å². The lowest BCUT2D eigenvalue weighted by Crippen LogP contribution is -2.35. The van der Waals surface area contributed by atoms with E-state index in [4.69, 9.17) is 0 Å². The maximum Gasteiger partial charge on any atom is 0.0577 e. The number of hydrogen-bond acceptors (Lipinski definition) is 1. The standard InChI is InChI=1S/C28H46O/c1-19(2)20(3)9-10-22(5)26-15-16-27-23(8-7-17-28(26,27)6)12-13-24-18-25(29)14-11-21(24)4/h9-10,12-13,19-22,25-27,29H,7-8,11,14-18H2,1-6H3/b10-9+,23-12+,24-13+/t20-,21+,22+,25-,26+,27-,28+/m0/s1. The molecule has 0 saturated heterocycles. The van der Waals surface area contributed by atoms with Crippen LogP contribution in [-0.2, 0) is 0 Å². The fraction of sp³-hybridized carbons (Fsp3) is 0.786. The van der Waals surface area contributed by atoms with E-state index in [1.807, 2.05) is 0 Å². The molecule has 1 N–H and O–H groups in total. The van der Waals surface area contributed by atoms with E-state index in [1.165, 1.54) is 37.7 Å². The first-order valence-electron chi connectivity index (χ1n) is 12.5. The van der Waals surface area contributed by atoms with Gasteiger partial charge in [-0.1, -0.05) is 77.0 Å². The minimum Gasteiger partial charge on any atom is -0.393 e. The molecule has 3 fully saturated rings. The Hall–Kier alpha value is -0.820. The summed E-state index contributed by atoms with van der Waals surface area (Å²) in [5.74, 6) is 4.29. The van der Waals surface area contributed by atoms with Crippen molar-refractivity contribution < 1.29 is 5.11 Å². The van der Waals surface area contributed by atoms with Crippen molar-refractivity contribution in [2.75, 3.05) is 0 Å². The third kappa shape index (κ3) is 5.09. The number of aliphatic hydroxyl groups is 1. The van der Waals surface area contributed by atoms with Crippen LogP contribution in [0.1, 0.15) is 92.9 Å². The van der Waals surface area contributed by atoms with Crippen LogP contribution in [0.15, 0.2) is 35.5 Å². The van der Waals surface area contributed by atoms with E-state index in [9.17, 15) is 5.11 Å². The van der Waals surface area contributed by atoms with Gasteiger partial charge in [0.15, 0.2) is 0 Å². The molecule has 0 unspecified atom stereocenters. The molecular formula is C28H46O. The summed E-state index contributed by atoms with van der Waals surface area (Å²) in [5, 5.41) is 10.1. The van der Waals surface area contributed by atoms with Gasteiger partial charge < -0.3 is 5.11 Å². The molecule has 3 rings (SSSR count). The number of fused-ring (bicyclic) bond motifs is 1. The number of hydrogen-bond donors (Lipinski definition) is 1. The molecule has 3 saturated carbocycles. The highest BCUT2D eigenvalue weighted by Gasteiger charge is 2.50. The molecule has 7 atom stereocenters. The van der Waals surface area contributed by atoms with Gasteiger partial charge in [0.25, 0.3) is 0 Å². The smallest absolute Gasteiger partial charge is 0.0577 e. The molecule has 29 heavy (non-hydrogen) atoms. The highest BCUT2D eigenvalue weighted by Crippen LogP contribution is 2.59. The van der Waals surface area contributed by atoms with Gasteiger partial charge in [0.1, 0.15) is 0 Å². The summed E-state index contributed by atoms with van der Waals surface area (Å²) in [4.78, 5) is 0. The Morgan fingerprint density at radius 1 is 0.966 bits per heavy atom. The Kier molecular flexibility index (Phi) is 7.52. The van der Waals surface area contributed by atoms with Crippen LogP contribution in [0.4, 0.5) is 0 Å². The minimum atomic E-state index is -0.121. The van der Waals surface area contributed by atoms with Crippen LogP contribution in [0.2, 0.25) is 0 Å². The van der Waals surface area contributed by atoms with E-state index in [0.717, 1.165) is 37.0 Å². The third-order valence-electron chi connectivity index (χ3n) is 8.99. The second-order valence-corrected chi connectivity index (χ2v) is 11.3. The van der Waals surface area contributed by atoms with Crippen LogP contribution in [0.5, 0.6) is 0 Å². The summed E-state index contributed by atoms with van der Waals surface area (Å²) in [7, 11) is 0. The SMILES string of the molecule is CC(C)[C@@H](C)/C=C/[C@@H](C)[C@H]1CC[C@H]2/C(=C/C=C3\C[C@@H](O)CC[C@H]3C)CCC[C@]12C. The van der Waals surface area contributed by atoms with Gasteiger partial charge in [-0.25, -0.2) is 0 Å². The molecule has 0 bridgehead atoms. The Labute approximate surface area is 180 Å². The van der Waals surface area contributed by atoms with Gasteiger partial charge in [-0.3, -0.25) is 0 Å². The zero-order valence-corrected chi connectivity index (χ0v) is 20.0. The molecule has 0 spiro atoms. The highest BCUT2D eigenvalue weighted by atomic mass is 16.3. The Morgan fingerprint density at radius 2 is 1.69 bits per heavy atom. The van der Waals surface area contributed by atoms with Crippen molar-refractivity contribution in [1.82, 2.24) is 0 Å². The monoisotopic (exact) mass is 398 g/mol. The summed E-state index contributed by atoms with van der Waals surface area (Å²) >= 11 is 0. The van der Waals surface area contributed by atoms with Gasteiger partial charge in [0.2, 0.25) is 0 Å². The Balaban J connectivity index is 1.74. The van der Waals surface area contributed by atoms with Gasteiger partial charge >= 0.3 is 0 Å². The fourth-order valence-corrected chi connectivity index (χ4v) is 6.50. The lowest BCUT2D eigenvalue weighted by Gasteiger charge is -2.44. The van der Waals surface area contributed by atoms with E-state index >= 15 is 0 Å². The zero-order valence-electron chi connectivity index (χ0n) is 20.0. The van der Waals surface area contributed by atoms with E-state index in [0.29, 0.717) is 23.2 Å². The summed E-state index contributed by atoms with van der Waals surface area (Å²) in [6.07, 6.45) is 19.5. The maximum absolute atomic E-state index is 10.1. The average molecular weight is 399 g/mol. The van der Waals surface area contributed by atoms with E-state index in [-0.39, 0.29) is 6.10 Å². The van der Waals surface area contributed by atoms with Crippen LogP contribution in [0.3, 0.4) is 0 Å². The molecular weight excluding hydrogens is 352 g/mol. The normalized spacial score (nSPS) is 40.7. The molecule has 0 aromatic rings. The lowest BCUT2D eigenvalue weighted by molar-refractivity contribution is 0.112. The van der Waals surface area contributed by atoms with Gasteiger partial charge in [-0.15, -0.1) is 0 Å². The molecule has 3 aliphatic carbocycles. The third-order valence-corrected chi connectivity index (χ3v) is 8.99. The van der Waals surface area contributed by atoms with Crippen molar-refractivity contribution in [2.45, 2.75) is 99.0 Å². The average Bonchev–Trinajstić information content (AvgIpc) is 3.04. The van der Waals surface area contributed by atoms with Crippen LogP contribution >= 0.6 is 0 Å². The van der Waals surface area contributed by atoms with E-state index in [1.54, 1.807) is 5.57 Å². The molecule has 164 valence electrons. The first-order chi connectivity index (χ1) is 13.7. The van der Waals surface area contributed by atoms with Gasteiger partial charge in [0.05, 0.1) is 6.10 Å². The predicted molar refractivity (Wildman–Crippen MR) is 126 cm³/mol. The molecule has 0 amide bonds. The first-order valence-corrected chi connectivity index (χ1v) is 12.5. The molecule has 0 aromatic carbocycles. The van der Waals surface area contributed by atoms with Crippen LogP contribution in [0, 0.1) is 40.9 Å². The Bertz CT molecular complexity index is 639. The molecule has 1 nitrogen and oxygen atoms in total.